The van der Waals surface area contributed by atoms with Crippen molar-refractivity contribution in [2.75, 3.05) is 6.61 Å². The van der Waals surface area contributed by atoms with Crippen molar-refractivity contribution in [2.24, 2.45) is 5.92 Å². The van der Waals surface area contributed by atoms with Gasteiger partial charge in [-0.3, -0.25) is 0 Å². The molecule has 0 aromatic heterocycles. The van der Waals surface area contributed by atoms with E-state index >= 15 is 0 Å². The van der Waals surface area contributed by atoms with Crippen molar-refractivity contribution >= 4 is 0 Å². The second-order valence-electron chi connectivity index (χ2n) is 9.14. The summed E-state index contributed by atoms with van der Waals surface area (Å²) in [6, 6.07) is 16.0. The second kappa shape index (κ2) is 10.5. The van der Waals surface area contributed by atoms with Crippen molar-refractivity contribution in [3.63, 3.8) is 0 Å². The number of rotatable bonds is 7. The summed E-state index contributed by atoms with van der Waals surface area (Å²) in [6.45, 7) is 4.36. The van der Waals surface area contributed by atoms with E-state index in [0.29, 0.717) is 46.9 Å². The van der Waals surface area contributed by atoms with E-state index in [1.165, 1.54) is 6.07 Å². The Morgan fingerprint density at radius 1 is 0.848 bits per heavy atom. The summed E-state index contributed by atoms with van der Waals surface area (Å²) in [5, 5.41) is 0. The Hall–Kier alpha value is -2.75. The lowest BCUT2D eigenvalue weighted by molar-refractivity contribution is 0.304. The highest BCUT2D eigenvalue weighted by Gasteiger charge is 2.26. The topological polar surface area (TPSA) is 9.23 Å². The minimum absolute atomic E-state index is 0.0324. The quantitative estimate of drug-likeness (QED) is 0.350. The highest BCUT2D eigenvalue weighted by atomic mass is 19.2. The fourth-order valence-corrected chi connectivity index (χ4v) is 4.94. The smallest absolute Gasteiger partial charge is 0.166 e. The molecule has 0 aliphatic heterocycles. The standard InChI is InChI=1S/C29H31F3O/c1-3-33-24-15-14-23(27(30)18-24)13-8-20-6-11-22(12-7-20)26-17-16-25(28(31)29(26)32)21-9-4-19(2)5-10-21/h4-5,9-10,14-18,20,22H,3,6-8,11-13H2,1-2H3. The Kier molecular flexibility index (Phi) is 7.42. The van der Waals surface area contributed by atoms with Gasteiger partial charge in [0, 0.05) is 11.6 Å². The Labute approximate surface area is 194 Å². The van der Waals surface area contributed by atoms with Gasteiger partial charge < -0.3 is 4.74 Å². The van der Waals surface area contributed by atoms with Crippen LogP contribution in [0.3, 0.4) is 0 Å². The predicted molar refractivity (Wildman–Crippen MR) is 127 cm³/mol. The highest BCUT2D eigenvalue weighted by Crippen LogP contribution is 2.40. The molecule has 1 saturated carbocycles. The van der Waals surface area contributed by atoms with Gasteiger partial charge in [0.05, 0.1) is 6.61 Å². The Bertz CT molecular complexity index is 1080. The summed E-state index contributed by atoms with van der Waals surface area (Å²) < 4.78 is 49.5. The summed E-state index contributed by atoms with van der Waals surface area (Å²) in [7, 11) is 0. The monoisotopic (exact) mass is 452 g/mol. The largest absolute Gasteiger partial charge is 0.494 e. The molecule has 33 heavy (non-hydrogen) atoms. The fraction of sp³-hybridized carbons (Fsp3) is 0.379. The van der Waals surface area contributed by atoms with Gasteiger partial charge in [-0.1, -0.05) is 48.0 Å². The van der Waals surface area contributed by atoms with Crippen molar-refractivity contribution in [1.29, 1.82) is 0 Å². The molecule has 0 bridgehead atoms. The van der Waals surface area contributed by atoms with E-state index in [1.54, 1.807) is 18.2 Å². The normalized spacial score (nSPS) is 18.3. The molecule has 0 N–H and O–H groups in total. The van der Waals surface area contributed by atoms with E-state index in [1.807, 2.05) is 44.2 Å². The molecule has 4 heteroatoms. The van der Waals surface area contributed by atoms with Crippen molar-refractivity contribution in [3.05, 3.63) is 88.7 Å². The number of benzene rings is 3. The molecule has 0 unspecified atom stereocenters. The molecule has 174 valence electrons. The average Bonchev–Trinajstić information content (AvgIpc) is 2.82. The number of hydrogen-bond acceptors (Lipinski definition) is 1. The van der Waals surface area contributed by atoms with Gasteiger partial charge in [0.15, 0.2) is 11.6 Å². The first kappa shape index (κ1) is 23.4. The molecule has 0 saturated heterocycles. The minimum atomic E-state index is -0.760. The zero-order valence-corrected chi connectivity index (χ0v) is 19.3. The van der Waals surface area contributed by atoms with Crippen LogP contribution in [0.2, 0.25) is 0 Å². The lowest BCUT2D eigenvalue weighted by atomic mass is 9.76. The van der Waals surface area contributed by atoms with Crippen LogP contribution in [0.1, 0.15) is 61.6 Å². The van der Waals surface area contributed by atoms with E-state index in [0.717, 1.165) is 37.7 Å². The summed E-state index contributed by atoms with van der Waals surface area (Å²) >= 11 is 0. The van der Waals surface area contributed by atoms with Gasteiger partial charge >= 0.3 is 0 Å². The van der Waals surface area contributed by atoms with Crippen molar-refractivity contribution in [2.45, 2.75) is 58.3 Å². The van der Waals surface area contributed by atoms with Gasteiger partial charge in [0.25, 0.3) is 0 Å². The van der Waals surface area contributed by atoms with Crippen LogP contribution < -0.4 is 4.74 Å². The number of hydrogen-bond donors (Lipinski definition) is 0. The number of halogens is 3. The third-order valence-corrected chi connectivity index (χ3v) is 6.92. The molecular weight excluding hydrogens is 421 g/mol. The van der Waals surface area contributed by atoms with Crippen LogP contribution in [0.4, 0.5) is 13.2 Å². The average molecular weight is 453 g/mol. The maximum Gasteiger partial charge on any atom is 0.166 e. The molecule has 1 fully saturated rings. The molecule has 0 atom stereocenters. The third-order valence-electron chi connectivity index (χ3n) is 6.92. The maximum atomic E-state index is 15.0. The molecule has 1 aliphatic carbocycles. The fourth-order valence-electron chi connectivity index (χ4n) is 4.94. The van der Waals surface area contributed by atoms with Crippen LogP contribution in [-0.2, 0) is 6.42 Å². The molecule has 0 radical (unpaired) electrons. The van der Waals surface area contributed by atoms with E-state index < -0.39 is 11.6 Å². The molecule has 0 amide bonds. The summed E-state index contributed by atoms with van der Waals surface area (Å²) in [6.07, 6.45) is 5.14. The number of ether oxygens (including phenoxy) is 1. The van der Waals surface area contributed by atoms with Gasteiger partial charge in [-0.05, 0) is 87.0 Å². The summed E-state index contributed by atoms with van der Waals surface area (Å²) in [5.74, 6) is -0.628. The van der Waals surface area contributed by atoms with E-state index in [2.05, 4.69) is 0 Å². The first-order chi connectivity index (χ1) is 16.0. The van der Waals surface area contributed by atoms with Crippen molar-refractivity contribution < 1.29 is 17.9 Å². The highest BCUT2D eigenvalue weighted by molar-refractivity contribution is 5.65. The molecule has 0 spiro atoms. The Morgan fingerprint density at radius 3 is 2.24 bits per heavy atom. The van der Waals surface area contributed by atoms with Gasteiger partial charge in [-0.15, -0.1) is 0 Å². The molecule has 0 heterocycles. The summed E-state index contributed by atoms with van der Waals surface area (Å²) in [4.78, 5) is 0. The van der Waals surface area contributed by atoms with Crippen molar-refractivity contribution in [3.8, 4) is 16.9 Å². The van der Waals surface area contributed by atoms with Crippen LogP contribution in [0.25, 0.3) is 11.1 Å². The zero-order valence-electron chi connectivity index (χ0n) is 19.3. The van der Waals surface area contributed by atoms with Gasteiger partial charge in [-0.2, -0.15) is 0 Å². The molecule has 3 aromatic carbocycles. The summed E-state index contributed by atoms with van der Waals surface area (Å²) in [5.41, 5.74) is 3.27. The van der Waals surface area contributed by atoms with Crippen LogP contribution in [0, 0.1) is 30.3 Å². The minimum Gasteiger partial charge on any atom is -0.494 e. The number of aryl methyl sites for hydroxylation is 2. The maximum absolute atomic E-state index is 15.0. The predicted octanol–water partition coefficient (Wildman–Crippen LogP) is 8.38. The first-order valence-corrected chi connectivity index (χ1v) is 11.9. The molecule has 3 aromatic rings. The van der Waals surface area contributed by atoms with E-state index in [4.69, 9.17) is 4.74 Å². The lowest BCUT2D eigenvalue weighted by Gasteiger charge is -2.29. The van der Waals surface area contributed by atoms with Gasteiger partial charge in [0.1, 0.15) is 11.6 Å². The SMILES string of the molecule is CCOc1ccc(CCC2CCC(c3ccc(-c4ccc(C)cc4)c(F)c3F)CC2)c(F)c1. The zero-order chi connectivity index (χ0) is 23.4. The van der Waals surface area contributed by atoms with Crippen LogP contribution in [0.5, 0.6) is 5.75 Å². The molecular formula is C29H31F3O. The van der Waals surface area contributed by atoms with Crippen LogP contribution in [0.15, 0.2) is 54.6 Å². The second-order valence-corrected chi connectivity index (χ2v) is 9.14. The van der Waals surface area contributed by atoms with Crippen LogP contribution in [-0.4, -0.2) is 6.61 Å². The van der Waals surface area contributed by atoms with Crippen LogP contribution >= 0.6 is 0 Å². The van der Waals surface area contributed by atoms with Gasteiger partial charge in [0.2, 0.25) is 0 Å². The molecule has 1 nitrogen and oxygen atoms in total. The lowest BCUT2D eigenvalue weighted by Crippen LogP contribution is -2.15. The van der Waals surface area contributed by atoms with Gasteiger partial charge in [-0.25, -0.2) is 13.2 Å². The van der Waals surface area contributed by atoms with E-state index in [-0.39, 0.29) is 11.7 Å². The Balaban J connectivity index is 1.36. The van der Waals surface area contributed by atoms with Crippen molar-refractivity contribution in [1.82, 2.24) is 0 Å². The molecule has 4 rings (SSSR count). The Morgan fingerprint density at radius 2 is 1.58 bits per heavy atom. The van der Waals surface area contributed by atoms with E-state index in [9.17, 15) is 13.2 Å². The first-order valence-electron chi connectivity index (χ1n) is 11.9. The third kappa shape index (κ3) is 5.43. The molecule has 1 aliphatic rings.